The quantitative estimate of drug-likeness (QED) is 0.812. The number of anilines is 1. The molecule has 0 unspecified atom stereocenters. The average Bonchev–Trinajstić information content (AvgIpc) is 3.02. The van der Waals surface area contributed by atoms with Gasteiger partial charge >= 0.3 is 0 Å². The molecule has 0 aromatic carbocycles. The highest BCUT2D eigenvalue weighted by atomic mass is 32.2. The van der Waals surface area contributed by atoms with Gasteiger partial charge < -0.3 is 4.57 Å². The standard InChI is InChI=1S/C10H14N6OS/c1-18-7-4-8(16-5-2-3-6-16)9(17)11-10-12-14-15-13-10/h2-3,5-6,8H,4,7H2,1H3,(H2,11,12,13,14,15,17)/t8-/m0/s1. The molecule has 96 valence electrons. The van der Waals surface area contributed by atoms with Crippen LogP contribution in [0.15, 0.2) is 24.5 Å². The smallest absolute Gasteiger partial charge is 0.269 e. The van der Waals surface area contributed by atoms with Crippen molar-refractivity contribution in [3.63, 3.8) is 0 Å². The first kappa shape index (κ1) is 12.6. The third-order valence-corrected chi connectivity index (χ3v) is 3.11. The normalized spacial score (nSPS) is 12.3. The van der Waals surface area contributed by atoms with Crippen LogP contribution >= 0.6 is 11.8 Å². The van der Waals surface area contributed by atoms with Gasteiger partial charge in [-0.05, 0) is 35.8 Å². The highest BCUT2D eigenvalue weighted by Crippen LogP contribution is 2.16. The lowest BCUT2D eigenvalue weighted by atomic mass is 10.2. The van der Waals surface area contributed by atoms with E-state index in [1.807, 2.05) is 35.3 Å². The number of carbonyl (C=O) groups is 1. The third-order valence-electron chi connectivity index (χ3n) is 2.47. The zero-order valence-electron chi connectivity index (χ0n) is 9.91. The summed E-state index contributed by atoms with van der Waals surface area (Å²) in [6.07, 6.45) is 6.52. The van der Waals surface area contributed by atoms with Gasteiger partial charge in [0.05, 0.1) is 0 Å². The van der Waals surface area contributed by atoms with Gasteiger partial charge in [0.15, 0.2) is 0 Å². The second-order valence-electron chi connectivity index (χ2n) is 3.65. The van der Waals surface area contributed by atoms with Crippen LogP contribution in [0.1, 0.15) is 12.5 Å². The molecule has 1 atom stereocenters. The highest BCUT2D eigenvalue weighted by molar-refractivity contribution is 7.98. The summed E-state index contributed by atoms with van der Waals surface area (Å²) in [4.78, 5) is 12.2. The van der Waals surface area contributed by atoms with E-state index in [2.05, 4.69) is 25.9 Å². The van der Waals surface area contributed by atoms with Gasteiger partial charge in [0.2, 0.25) is 5.91 Å². The summed E-state index contributed by atoms with van der Waals surface area (Å²) in [6.45, 7) is 0. The Bertz CT molecular complexity index is 469. The first-order chi connectivity index (χ1) is 8.81. The van der Waals surface area contributed by atoms with E-state index in [0.717, 1.165) is 12.2 Å². The van der Waals surface area contributed by atoms with E-state index in [9.17, 15) is 4.79 Å². The molecule has 2 aromatic heterocycles. The van der Waals surface area contributed by atoms with Gasteiger partial charge in [-0.15, -0.1) is 5.10 Å². The molecular weight excluding hydrogens is 252 g/mol. The summed E-state index contributed by atoms with van der Waals surface area (Å²) in [7, 11) is 0. The summed E-state index contributed by atoms with van der Waals surface area (Å²) in [6, 6.07) is 3.53. The molecule has 0 bridgehead atoms. The van der Waals surface area contributed by atoms with Crippen LogP contribution in [-0.2, 0) is 4.79 Å². The lowest BCUT2D eigenvalue weighted by molar-refractivity contribution is -0.119. The minimum atomic E-state index is -0.258. The number of rotatable bonds is 6. The van der Waals surface area contributed by atoms with Gasteiger partial charge in [0.25, 0.3) is 5.95 Å². The van der Waals surface area contributed by atoms with E-state index in [1.54, 1.807) is 11.8 Å². The molecule has 0 spiro atoms. The minimum absolute atomic E-state index is 0.137. The van der Waals surface area contributed by atoms with Gasteiger partial charge in [0, 0.05) is 12.4 Å². The number of hydrogen-bond acceptors (Lipinski definition) is 5. The molecule has 0 aliphatic heterocycles. The second kappa shape index (κ2) is 6.20. The Balaban J connectivity index is 2.06. The van der Waals surface area contributed by atoms with Crippen molar-refractivity contribution < 1.29 is 4.79 Å². The maximum atomic E-state index is 12.2. The van der Waals surface area contributed by atoms with Crippen molar-refractivity contribution in [3.05, 3.63) is 24.5 Å². The van der Waals surface area contributed by atoms with Crippen molar-refractivity contribution in [1.82, 2.24) is 25.2 Å². The highest BCUT2D eigenvalue weighted by Gasteiger charge is 2.20. The summed E-state index contributed by atoms with van der Waals surface area (Å²) in [5.74, 6) is 0.964. The molecule has 18 heavy (non-hydrogen) atoms. The number of amides is 1. The molecule has 0 aliphatic rings. The van der Waals surface area contributed by atoms with E-state index in [4.69, 9.17) is 0 Å². The number of carbonyl (C=O) groups excluding carboxylic acids is 1. The predicted octanol–water partition coefficient (Wildman–Crippen LogP) is 0.934. The monoisotopic (exact) mass is 266 g/mol. The van der Waals surface area contributed by atoms with Crippen LogP contribution in [0.2, 0.25) is 0 Å². The fourth-order valence-corrected chi connectivity index (χ4v) is 2.07. The maximum absolute atomic E-state index is 12.2. The molecule has 0 saturated carbocycles. The first-order valence-electron chi connectivity index (χ1n) is 5.47. The van der Waals surface area contributed by atoms with Crippen LogP contribution in [0, 0.1) is 0 Å². The lowest BCUT2D eigenvalue weighted by Crippen LogP contribution is -2.26. The van der Waals surface area contributed by atoms with Crippen LogP contribution in [-0.4, -0.2) is 43.1 Å². The van der Waals surface area contributed by atoms with Crippen LogP contribution in [0.3, 0.4) is 0 Å². The maximum Gasteiger partial charge on any atom is 0.269 e. The Morgan fingerprint density at radius 1 is 1.56 bits per heavy atom. The largest absolute Gasteiger partial charge is 0.342 e. The topological polar surface area (TPSA) is 88.5 Å². The number of thioether (sulfide) groups is 1. The second-order valence-corrected chi connectivity index (χ2v) is 4.64. The van der Waals surface area contributed by atoms with Crippen molar-refractivity contribution in [2.75, 3.05) is 17.3 Å². The predicted molar refractivity (Wildman–Crippen MR) is 69.3 cm³/mol. The summed E-state index contributed by atoms with van der Waals surface area (Å²) in [5, 5.41) is 15.7. The van der Waals surface area contributed by atoms with Crippen LogP contribution in [0.25, 0.3) is 0 Å². The van der Waals surface area contributed by atoms with Gasteiger partial charge in [-0.25, -0.2) is 0 Å². The number of aromatic nitrogens is 5. The molecule has 0 radical (unpaired) electrons. The van der Waals surface area contributed by atoms with Crippen LogP contribution < -0.4 is 5.32 Å². The Labute approximate surface area is 108 Å². The van der Waals surface area contributed by atoms with Gasteiger partial charge in [0.1, 0.15) is 6.04 Å². The van der Waals surface area contributed by atoms with E-state index in [-0.39, 0.29) is 17.9 Å². The van der Waals surface area contributed by atoms with Crippen molar-refractivity contribution in [1.29, 1.82) is 0 Å². The average molecular weight is 266 g/mol. The molecule has 1 amide bonds. The zero-order valence-corrected chi connectivity index (χ0v) is 10.7. The van der Waals surface area contributed by atoms with Crippen molar-refractivity contribution in [3.8, 4) is 0 Å². The van der Waals surface area contributed by atoms with Crippen LogP contribution in [0.5, 0.6) is 0 Å². The van der Waals surface area contributed by atoms with Gasteiger partial charge in [-0.1, -0.05) is 5.10 Å². The number of H-pyrrole nitrogens is 1. The molecule has 0 aliphatic carbocycles. The molecular formula is C10H14N6OS. The van der Waals surface area contributed by atoms with E-state index >= 15 is 0 Å². The van der Waals surface area contributed by atoms with Crippen molar-refractivity contribution in [2.24, 2.45) is 0 Å². The number of nitrogens with one attached hydrogen (secondary N) is 2. The zero-order chi connectivity index (χ0) is 12.8. The molecule has 2 heterocycles. The molecule has 2 N–H and O–H groups in total. The van der Waals surface area contributed by atoms with Crippen molar-refractivity contribution in [2.45, 2.75) is 12.5 Å². The molecule has 0 fully saturated rings. The number of aromatic amines is 1. The third kappa shape index (κ3) is 3.10. The van der Waals surface area contributed by atoms with E-state index in [1.165, 1.54) is 0 Å². The number of tetrazole rings is 1. The van der Waals surface area contributed by atoms with E-state index in [0.29, 0.717) is 0 Å². The number of hydrogen-bond donors (Lipinski definition) is 2. The van der Waals surface area contributed by atoms with Crippen LogP contribution in [0.4, 0.5) is 5.95 Å². The SMILES string of the molecule is CSCC[C@@H](C(=O)Nc1nn[nH]n1)n1cccc1. The summed E-state index contributed by atoms with van der Waals surface area (Å²) in [5.41, 5.74) is 0. The van der Waals surface area contributed by atoms with Gasteiger partial charge in [-0.2, -0.15) is 17.0 Å². The first-order valence-corrected chi connectivity index (χ1v) is 6.86. The Morgan fingerprint density at radius 2 is 2.33 bits per heavy atom. The fourth-order valence-electron chi connectivity index (χ4n) is 1.61. The molecule has 8 heteroatoms. The summed E-state index contributed by atoms with van der Waals surface area (Å²) < 4.78 is 1.88. The lowest BCUT2D eigenvalue weighted by Gasteiger charge is -2.16. The van der Waals surface area contributed by atoms with E-state index < -0.39 is 0 Å². The Kier molecular flexibility index (Phi) is 4.35. The Morgan fingerprint density at radius 3 is 2.94 bits per heavy atom. The molecule has 2 rings (SSSR count). The molecule has 7 nitrogen and oxygen atoms in total. The Hall–Kier alpha value is -1.83. The molecule has 2 aromatic rings. The fraction of sp³-hybridized carbons (Fsp3) is 0.400. The summed E-state index contributed by atoms with van der Waals surface area (Å²) >= 11 is 1.71. The van der Waals surface area contributed by atoms with Crippen molar-refractivity contribution >= 4 is 23.6 Å². The number of nitrogens with zero attached hydrogens (tertiary/aromatic N) is 4. The van der Waals surface area contributed by atoms with Gasteiger partial charge in [-0.3, -0.25) is 10.1 Å². The minimum Gasteiger partial charge on any atom is -0.342 e. The molecule has 0 saturated heterocycles.